The highest BCUT2D eigenvalue weighted by Crippen LogP contribution is 2.32. The Kier molecular flexibility index (Phi) is 8.65. The lowest BCUT2D eigenvalue weighted by Gasteiger charge is -2.32. The number of benzene rings is 3. The summed E-state index contributed by atoms with van der Waals surface area (Å²) in [5.74, 6) is -1.48. The van der Waals surface area contributed by atoms with Crippen LogP contribution in [0, 0.1) is 5.82 Å². The lowest BCUT2D eigenvalue weighted by molar-refractivity contribution is -0.139. The molecule has 0 bridgehead atoms. The minimum absolute atomic E-state index is 0.0243. The number of carbonyl (C=O) groups excluding carboxylic acids is 2. The van der Waals surface area contributed by atoms with E-state index in [0.717, 1.165) is 9.21 Å². The topological polar surface area (TPSA) is 96.0 Å². The van der Waals surface area contributed by atoms with E-state index in [2.05, 4.69) is 5.32 Å². The maximum absolute atomic E-state index is 14.4. The molecule has 36 heavy (non-hydrogen) atoms. The van der Waals surface area contributed by atoms with Gasteiger partial charge in [0, 0.05) is 19.2 Å². The summed E-state index contributed by atoms with van der Waals surface area (Å²) in [6.07, 6.45) is 0. The number of anilines is 1. The van der Waals surface area contributed by atoms with Crippen molar-refractivity contribution in [3.8, 4) is 5.75 Å². The van der Waals surface area contributed by atoms with Gasteiger partial charge in [0.2, 0.25) is 11.8 Å². The number of nitrogens with one attached hydrogen (secondary N) is 1. The Balaban J connectivity index is 2.07. The molecule has 0 radical (unpaired) electrons. The van der Waals surface area contributed by atoms with Crippen LogP contribution in [0.15, 0.2) is 83.8 Å². The second-order valence-electron chi connectivity index (χ2n) is 7.90. The van der Waals surface area contributed by atoms with E-state index in [1.165, 1.54) is 57.5 Å². The van der Waals surface area contributed by atoms with Crippen molar-refractivity contribution in [3.05, 3.63) is 90.2 Å². The van der Waals surface area contributed by atoms with Crippen LogP contribution in [0.4, 0.5) is 10.1 Å². The summed E-state index contributed by atoms with van der Waals surface area (Å²) < 4.78 is 48.1. The highest BCUT2D eigenvalue weighted by atomic mass is 32.2. The molecule has 8 nitrogen and oxygen atoms in total. The van der Waals surface area contributed by atoms with Gasteiger partial charge in [0.1, 0.15) is 24.2 Å². The van der Waals surface area contributed by atoms with Crippen molar-refractivity contribution in [1.82, 2.24) is 10.2 Å². The van der Waals surface area contributed by atoms with Gasteiger partial charge < -0.3 is 15.0 Å². The van der Waals surface area contributed by atoms with Crippen molar-refractivity contribution >= 4 is 27.5 Å². The molecule has 1 atom stereocenters. The van der Waals surface area contributed by atoms with Crippen LogP contribution in [-0.4, -0.2) is 51.9 Å². The van der Waals surface area contributed by atoms with Crippen molar-refractivity contribution in [2.45, 2.75) is 24.4 Å². The van der Waals surface area contributed by atoms with E-state index < -0.39 is 40.2 Å². The second-order valence-corrected chi connectivity index (χ2v) is 9.76. The molecule has 190 valence electrons. The number of amides is 2. The molecule has 0 aromatic heterocycles. The largest absolute Gasteiger partial charge is 0.495 e. The number of nitrogens with zero attached hydrogens (tertiary/aromatic N) is 2. The zero-order valence-corrected chi connectivity index (χ0v) is 21.0. The molecular formula is C26H28FN3O5S. The average Bonchev–Trinajstić information content (AvgIpc) is 2.90. The Hall–Kier alpha value is -3.92. The molecule has 0 aliphatic heterocycles. The molecule has 2 amide bonds. The van der Waals surface area contributed by atoms with E-state index >= 15 is 0 Å². The predicted molar refractivity (Wildman–Crippen MR) is 134 cm³/mol. The maximum atomic E-state index is 14.4. The summed E-state index contributed by atoms with van der Waals surface area (Å²) in [4.78, 5) is 27.2. The summed E-state index contributed by atoms with van der Waals surface area (Å²) in [5.41, 5.74) is 0.340. The first-order chi connectivity index (χ1) is 17.2. The molecule has 3 aromatic carbocycles. The highest BCUT2D eigenvalue weighted by Gasteiger charge is 2.33. The van der Waals surface area contributed by atoms with Crippen LogP contribution in [0.3, 0.4) is 0 Å². The number of rotatable bonds is 10. The fourth-order valence-electron chi connectivity index (χ4n) is 3.67. The zero-order valence-electron chi connectivity index (χ0n) is 20.2. The first-order valence-corrected chi connectivity index (χ1v) is 12.6. The monoisotopic (exact) mass is 513 g/mol. The number of hydrogen-bond donors (Lipinski definition) is 1. The number of sulfonamides is 1. The van der Waals surface area contributed by atoms with Gasteiger partial charge >= 0.3 is 0 Å². The third-order valence-corrected chi connectivity index (χ3v) is 7.45. The van der Waals surface area contributed by atoms with Gasteiger partial charge in [0.15, 0.2) is 0 Å². The molecule has 3 aromatic rings. The Morgan fingerprint density at radius 3 is 2.22 bits per heavy atom. The highest BCUT2D eigenvalue weighted by molar-refractivity contribution is 7.92. The number of likely N-dealkylation sites (N-methyl/N-ethyl adjacent to an activating group) is 1. The second kappa shape index (κ2) is 11.7. The van der Waals surface area contributed by atoms with Crippen LogP contribution in [-0.2, 0) is 26.2 Å². The molecule has 0 fully saturated rings. The molecule has 0 spiro atoms. The van der Waals surface area contributed by atoms with Gasteiger partial charge in [-0.3, -0.25) is 13.9 Å². The van der Waals surface area contributed by atoms with E-state index in [4.69, 9.17) is 4.74 Å². The fourth-order valence-corrected chi connectivity index (χ4v) is 5.12. The lowest BCUT2D eigenvalue weighted by Crippen LogP contribution is -2.50. The number of methoxy groups -OCH3 is 1. The predicted octanol–water partition coefficient (Wildman–Crippen LogP) is 3.19. The zero-order chi connectivity index (χ0) is 26.3. The molecule has 0 aliphatic carbocycles. The van der Waals surface area contributed by atoms with Crippen LogP contribution in [0.1, 0.15) is 12.5 Å². The molecule has 3 rings (SSSR count). The number of hydrogen-bond acceptors (Lipinski definition) is 5. The van der Waals surface area contributed by atoms with Crippen LogP contribution in [0.25, 0.3) is 0 Å². The molecule has 0 heterocycles. The number of para-hydroxylation sites is 2. The minimum atomic E-state index is -4.22. The van der Waals surface area contributed by atoms with Gasteiger partial charge in [-0.1, -0.05) is 48.5 Å². The SMILES string of the molecule is CNC(=O)C(C)N(Cc1ccccc1F)C(=O)CN(c1ccccc1OC)S(=O)(=O)c1ccccc1. The maximum Gasteiger partial charge on any atom is 0.264 e. The minimum Gasteiger partial charge on any atom is -0.495 e. The quantitative estimate of drug-likeness (QED) is 0.449. The number of halogens is 1. The van der Waals surface area contributed by atoms with E-state index in [1.807, 2.05) is 0 Å². The van der Waals surface area contributed by atoms with Crippen molar-refractivity contribution in [2.24, 2.45) is 0 Å². The third kappa shape index (κ3) is 5.83. The first kappa shape index (κ1) is 26.7. The van der Waals surface area contributed by atoms with E-state index in [1.54, 1.807) is 42.5 Å². The van der Waals surface area contributed by atoms with Crippen molar-refractivity contribution in [2.75, 3.05) is 25.0 Å². The Labute approximate surface area is 210 Å². The number of ether oxygens (including phenoxy) is 1. The molecule has 0 aliphatic rings. The molecule has 0 saturated heterocycles. The van der Waals surface area contributed by atoms with Gasteiger partial charge in [-0.15, -0.1) is 0 Å². The van der Waals surface area contributed by atoms with E-state index in [-0.39, 0.29) is 28.4 Å². The van der Waals surface area contributed by atoms with Crippen molar-refractivity contribution in [3.63, 3.8) is 0 Å². The van der Waals surface area contributed by atoms with E-state index in [9.17, 15) is 22.4 Å². The van der Waals surface area contributed by atoms with Gasteiger partial charge in [0.05, 0.1) is 17.7 Å². The van der Waals surface area contributed by atoms with Crippen LogP contribution in [0.2, 0.25) is 0 Å². The normalized spacial score (nSPS) is 11.9. The summed E-state index contributed by atoms with van der Waals surface area (Å²) in [5, 5.41) is 2.48. The third-order valence-electron chi connectivity index (χ3n) is 5.68. The fraction of sp³-hybridized carbons (Fsp3) is 0.231. The summed E-state index contributed by atoms with van der Waals surface area (Å²) >= 11 is 0. The molecule has 0 saturated carbocycles. The Morgan fingerprint density at radius 2 is 1.58 bits per heavy atom. The van der Waals surface area contributed by atoms with Gasteiger partial charge in [-0.25, -0.2) is 12.8 Å². The Morgan fingerprint density at radius 1 is 0.972 bits per heavy atom. The molecule has 1 N–H and O–H groups in total. The van der Waals surface area contributed by atoms with Crippen LogP contribution >= 0.6 is 0 Å². The van der Waals surface area contributed by atoms with Crippen molar-refractivity contribution < 1.29 is 27.1 Å². The molecular weight excluding hydrogens is 485 g/mol. The summed E-state index contributed by atoms with van der Waals surface area (Å²) in [7, 11) is -1.40. The lowest BCUT2D eigenvalue weighted by atomic mass is 10.1. The average molecular weight is 514 g/mol. The molecule has 10 heteroatoms. The van der Waals surface area contributed by atoms with Crippen LogP contribution < -0.4 is 14.4 Å². The summed E-state index contributed by atoms with van der Waals surface area (Å²) in [6.45, 7) is 0.620. The van der Waals surface area contributed by atoms with Gasteiger partial charge in [-0.05, 0) is 37.3 Å². The van der Waals surface area contributed by atoms with Crippen LogP contribution in [0.5, 0.6) is 5.75 Å². The van der Waals surface area contributed by atoms with E-state index in [0.29, 0.717) is 0 Å². The first-order valence-electron chi connectivity index (χ1n) is 11.2. The Bertz CT molecular complexity index is 1320. The van der Waals surface area contributed by atoms with Crippen molar-refractivity contribution in [1.29, 1.82) is 0 Å². The molecule has 1 unspecified atom stereocenters. The number of carbonyl (C=O) groups is 2. The van der Waals surface area contributed by atoms with Gasteiger partial charge in [-0.2, -0.15) is 0 Å². The standard InChI is InChI=1S/C26H28FN3O5S/c1-19(26(32)28-2)29(17-20-11-7-8-14-22(20)27)25(31)18-30(23-15-9-10-16-24(23)35-3)36(33,34)21-12-5-4-6-13-21/h4-16,19H,17-18H2,1-3H3,(H,28,32). The summed E-state index contributed by atoms with van der Waals surface area (Å²) in [6, 6.07) is 19.0. The smallest absolute Gasteiger partial charge is 0.264 e. The van der Waals surface area contributed by atoms with Gasteiger partial charge in [0.25, 0.3) is 10.0 Å².